The maximum absolute atomic E-state index is 13.5. The van der Waals surface area contributed by atoms with Crippen LogP contribution in [0.2, 0.25) is 0 Å². The summed E-state index contributed by atoms with van der Waals surface area (Å²) in [7, 11) is 0.258. The van der Waals surface area contributed by atoms with E-state index in [1.54, 1.807) is 0 Å². The Hall–Kier alpha value is -1.60. The lowest BCUT2D eigenvalue weighted by molar-refractivity contribution is 0.414. The number of aromatic nitrogens is 1. The van der Waals surface area contributed by atoms with E-state index in [0.29, 0.717) is 23.9 Å². The van der Waals surface area contributed by atoms with Gasteiger partial charge < -0.3 is 10.0 Å². The third-order valence-electron chi connectivity index (χ3n) is 3.39. The molecule has 0 atom stereocenters. The second-order valence-electron chi connectivity index (χ2n) is 5.22. The Morgan fingerprint density at radius 1 is 1.33 bits per heavy atom. The van der Waals surface area contributed by atoms with Crippen molar-refractivity contribution in [3.05, 3.63) is 29.7 Å². The lowest BCUT2D eigenvalue weighted by atomic mass is 10.1. The quantitative estimate of drug-likeness (QED) is 0.914. The molecule has 21 heavy (non-hydrogen) atoms. The van der Waals surface area contributed by atoms with Crippen molar-refractivity contribution in [3.8, 4) is 5.75 Å². The molecule has 0 aliphatic carbocycles. The van der Waals surface area contributed by atoms with Gasteiger partial charge in [0.15, 0.2) is 0 Å². The summed E-state index contributed by atoms with van der Waals surface area (Å²) in [4.78, 5) is 1.96. The van der Waals surface area contributed by atoms with E-state index >= 15 is 0 Å². The van der Waals surface area contributed by atoms with Crippen molar-refractivity contribution in [2.24, 2.45) is 0 Å². The van der Waals surface area contributed by atoms with Gasteiger partial charge in [0.25, 0.3) is 0 Å². The molecule has 0 radical (unpaired) electrons. The number of hydrogen-bond acceptors (Lipinski definition) is 4. The SMILES string of the molecule is CCS(=O)(=O)n1cc(CCN(C)C)c2c(O)cc(F)cc21. The van der Waals surface area contributed by atoms with E-state index in [-0.39, 0.29) is 17.0 Å². The number of fused-ring (bicyclic) bond motifs is 1. The Labute approximate surface area is 123 Å². The van der Waals surface area contributed by atoms with Crippen molar-refractivity contribution in [1.29, 1.82) is 0 Å². The Bertz CT molecular complexity index is 766. The van der Waals surface area contributed by atoms with E-state index < -0.39 is 15.8 Å². The monoisotopic (exact) mass is 314 g/mol. The third-order valence-corrected chi connectivity index (χ3v) is 5.02. The summed E-state index contributed by atoms with van der Waals surface area (Å²) in [5.74, 6) is -0.991. The summed E-state index contributed by atoms with van der Waals surface area (Å²) < 4.78 is 38.9. The highest BCUT2D eigenvalue weighted by molar-refractivity contribution is 7.90. The molecular formula is C14H19FN2O3S. The van der Waals surface area contributed by atoms with Crippen LogP contribution in [-0.2, 0) is 16.4 Å². The van der Waals surface area contributed by atoms with E-state index in [0.717, 1.165) is 16.1 Å². The number of rotatable bonds is 5. The number of likely N-dealkylation sites (N-methyl/N-ethyl adjacent to an activating group) is 1. The summed E-state index contributed by atoms with van der Waals surface area (Å²) in [5, 5.41) is 10.4. The molecule has 0 bridgehead atoms. The minimum absolute atomic E-state index is 0.0961. The lowest BCUT2D eigenvalue weighted by Gasteiger charge is -2.08. The van der Waals surface area contributed by atoms with Crippen LogP contribution >= 0.6 is 0 Å². The largest absolute Gasteiger partial charge is 0.507 e. The van der Waals surface area contributed by atoms with Crippen molar-refractivity contribution >= 4 is 20.9 Å². The van der Waals surface area contributed by atoms with Gasteiger partial charge in [-0.2, -0.15) is 0 Å². The van der Waals surface area contributed by atoms with Gasteiger partial charge >= 0.3 is 0 Å². The predicted molar refractivity (Wildman–Crippen MR) is 80.7 cm³/mol. The third kappa shape index (κ3) is 3.03. The molecule has 7 heteroatoms. The van der Waals surface area contributed by atoms with Gasteiger partial charge in [0, 0.05) is 24.2 Å². The number of nitrogens with zero attached hydrogens (tertiary/aromatic N) is 2. The second kappa shape index (κ2) is 5.65. The van der Waals surface area contributed by atoms with Gasteiger partial charge in [-0.1, -0.05) is 0 Å². The van der Waals surface area contributed by atoms with Crippen LogP contribution in [0.1, 0.15) is 12.5 Å². The highest BCUT2D eigenvalue weighted by Gasteiger charge is 2.20. The Kier molecular flexibility index (Phi) is 4.25. The van der Waals surface area contributed by atoms with Gasteiger partial charge in [-0.25, -0.2) is 16.8 Å². The first-order valence-electron chi connectivity index (χ1n) is 6.66. The first-order chi connectivity index (χ1) is 9.76. The zero-order valence-corrected chi connectivity index (χ0v) is 13.1. The molecule has 5 nitrogen and oxygen atoms in total. The van der Waals surface area contributed by atoms with E-state index in [1.807, 2.05) is 19.0 Å². The number of benzene rings is 1. The molecule has 116 valence electrons. The molecule has 0 amide bonds. The number of phenolic OH excluding ortho intramolecular Hbond substituents is 1. The molecule has 0 aliphatic heterocycles. The minimum atomic E-state index is -3.55. The van der Waals surface area contributed by atoms with E-state index in [2.05, 4.69) is 0 Å². The van der Waals surface area contributed by atoms with Crippen LogP contribution in [-0.4, -0.2) is 48.8 Å². The van der Waals surface area contributed by atoms with Gasteiger partial charge in [0.2, 0.25) is 10.0 Å². The normalized spacial score (nSPS) is 12.4. The summed E-state index contributed by atoms with van der Waals surface area (Å²) >= 11 is 0. The molecule has 2 rings (SSSR count). The molecule has 2 aromatic rings. The van der Waals surface area contributed by atoms with E-state index in [9.17, 15) is 17.9 Å². The van der Waals surface area contributed by atoms with Crippen LogP contribution in [0, 0.1) is 5.82 Å². The number of hydrogen-bond donors (Lipinski definition) is 1. The van der Waals surface area contributed by atoms with Crippen LogP contribution in [0.3, 0.4) is 0 Å². The maximum Gasteiger partial charge on any atom is 0.238 e. The average molecular weight is 314 g/mol. The standard InChI is InChI=1S/C14H19FN2O3S/c1-4-21(19,20)17-9-10(5-6-16(2)3)14-12(17)7-11(15)8-13(14)18/h7-9,18H,4-6H2,1-3H3. The number of phenols is 1. The van der Waals surface area contributed by atoms with Crippen LogP contribution in [0.5, 0.6) is 5.75 Å². The molecule has 0 aliphatic rings. The van der Waals surface area contributed by atoms with Crippen LogP contribution in [0.25, 0.3) is 10.9 Å². The smallest absolute Gasteiger partial charge is 0.238 e. The van der Waals surface area contributed by atoms with Gasteiger partial charge in [0.1, 0.15) is 11.6 Å². The van der Waals surface area contributed by atoms with Gasteiger partial charge in [-0.3, -0.25) is 0 Å². The van der Waals surface area contributed by atoms with Gasteiger partial charge in [-0.05, 0) is 39.1 Å². The van der Waals surface area contributed by atoms with E-state index in [1.165, 1.54) is 13.1 Å². The minimum Gasteiger partial charge on any atom is -0.507 e. The Balaban J connectivity index is 2.70. The second-order valence-corrected chi connectivity index (χ2v) is 7.36. The first-order valence-corrected chi connectivity index (χ1v) is 8.27. The number of halogens is 1. The predicted octanol–water partition coefficient (Wildman–Crippen LogP) is 1.79. The lowest BCUT2D eigenvalue weighted by Crippen LogP contribution is -2.15. The molecule has 0 saturated heterocycles. The zero-order valence-electron chi connectivity index (χ0n) is 12.3. The highest BCUT2D eigenvalue weighted by Crippen LogP contribution is 2.32. The molecule has 0 unspecified atom stereocenters. The van der Waals surface area contributed by atoms with Gasteiger partial charge in [0.05, 0.1) is 11.3 Å². The number of aromatic hydroxyl groups is 1. The maximum atomic E-state index is 13.5. The Morgan fingerprint density at radius 3 is 2.57 bits per heavy atom. The molecule has 1 N–H and O–H groups in total. The summed E-state index contributed by atoms with van der Waals surface area (Å²) in [6.45, 7) is 2.22. The molecule has 1 aromatic carbocycles. The van der Waals surface area contributed by atoms with Crippen molar-refractivity contribution in [1.82, 2.24) is 8.87 Å². The van der Waals surface area contributed by atoms with E-state index in [4.69, 9.17) is 0 Å². The van der Waals surface area contributed by atoms with Crippen molar-refractivity contribution in [2.75, 3.05) is 26.4 Å². The molecule has 0 saturated carbocycles. The highest BCUT2D eigenvalue weighted by atomic mass is 32.2. The van der Waals surface area contributed by atoms with Crippen LogP contribution < -0.4 is 0 Å². The topological polar surface area (TPSA) is 62.5 Å². The van der Waals surface area contributed by atoms with Crippen LogP contribution in [0.15, 0.2) is 18.3 Å². The van der Waals surface area contributed by atoms with Crippen LogP contribution in [0.4, 0.5) is 4.39 Å². The van der Waals surface area contributed by atoms with Gasteiger partial charge in [-0.15, -0.1) is 0 Å². The van der Waals surface area contributed by atoms with Crippen molar-refractivity contribution in [2.45, 2.75) is 13.3 Å². The van der Waals surface area contributed by atoms with Crippen molar-refractivity contribution < 1.29 is 17.9 Å². The fourth-order valence-corrected chi connectivity index (χ4v) is 3.27. The summed E-state index contributed by atoms with van der Waals surface area (Å²) in [6, 6.07) is 2.14. The molecule has 1 aromatic heterocycles. The van der Waals surface area contributed by atoms with Crippen molar-refractivity contribution in [3.63, 3.8) is 0 Å². The fraction of sp³-hybridized carbons (Fsp3) is 0.429. The Morgan fingerprint density at radius 2 is 2.00 bits per heavy atom. The first kappa shape index (κ1) is 15.8. The fourth-order valence-electron chi connectivity index (χ4n) is 2.26. The molecule has 1 heterocycles. The molecule has 0 fully saturated rings. The summed E-state index contributed by atoms with van der Waals surface area (Å²) in [6.07, 6.45) is 2.04. The molecular weight excluding hydrogens is 295 g/mol. The molecule has 0 spiro atoms. The average Bonchev–Trinajstić information content (AvgIpc) is 2.75. The summed E-state index contributed by atoms with van der Waals surface area (Å²) in [5.41, 5.74) is 0.872. The zero-order chi connectivity index (χ0) is 15.8.